The first-order valence-electron chi connectivity index (χ1n) is 8.88. The first kappa shape index (κ1) is 17.7. The van der Waals surface area contributed by atoms with E-state index < -0.39 is 0 Å². The quantitative estimate of drug-likeness (QED) is 0.686. The minimum Gasteiger partial charge on any atom is -0.355 e. The maximum atomic E-state index is 12.1. The van der Waals surface area contributed by atoms with Crippen molar-refractivity contribution in [2.45, 2.75) is 26.4 Å². The first-order chi connectivity index (χ1) is 13.0. The van der Waals surface area contributed by atoms with Gasteiger partial charge in [0.05, 0.1) is 18.6 Å². The van der Waals surface area contributed by atoms with Crippen LogP contribution in [0.3, 0.4) is 0 Å². The predicted octanol–water partition coefficient (Wildman–Crippen LogP) is 2.46. The Bertz CT molecular complexity index is 1010. The molecule has 0 amide bonds. The normalized spacial score (nSPS) is 18.0. The van der Waals surface area contributed by atoms with Crippen molar-refractivity contribution in [3.05, 3.63) is 52.3 Å². The molecule has 0 aliphatic carbocycles. The van der Waals surface area contributed by atoms with E-state index in [1.54, 1.807) is 35.5 Å². The van der Waals surface area contributed by atoms with Crippen molar-refractivity contribution >= 4 is 17.4 Å². The highest BCUT2D eigenvalue weighted by atomic mass is 35.5. The molecule has 9 heteroatoms. The van der Waals surface area contributed by atoms with Crippen LogP contribution in [0.25, 0.3) is 11.4 Å². The summed E-state index contributed by atoms with van der Waals surface area (Å²) in [5.74, 6) is 1.52. The van der Waals surface area contributed by atoms with Crippen LogP contribution in [-0.2, 0) is 0 Å². The largest absolute Gasteiger partial charge is 0.355 e. The lowest BCUT2D eigenvalue weighted by molar-refractivity contribution is 0.405. The molecule has 1 unspecified atom stereocenters. The molecular formula is C18H20ClN7O. The average molecular weight is 386 g/mol. The van der Waals surface area contributed by atoms with Crippen LogP contribution in [0.15, 0.2) is 41.7 Å². The Morgan fingerprint density at radius 3 is 2.89 bits per heavy atom. The molecule has 2 atom stereocenters. The topological polar surface area (TPSA) is 81.7 Å². The van der Waals surface area contributed by atoms with Crippen molar-refractivity contribution in [2.75, 3.05) is 18.0 Å². The number of nitrogens with zero attached hydrogens (tertiary/aromatic N) is 7. The number of pyridine rings is 1. The molecule has 0 N–H and O–H groups in total. The third-order valence-electron chi connectivity index (χ3n) is 4.84. The molecule has 140 valence electrons. The molecule has 8 nitrogen and oxygen atoms in total. The van der Waals surface area contributed by atoms with E-state index in [9.17, 15) is 4.79 Å². The smallest absolute Gasteiger partial charge is 0.253 e. The molecule has 3 aromatic heterocycles. The summed E-state index contributed by atoms with van der Waals surface area (Å²) >= 11 is 5.86. The van der Waals surface area contributed by atoms with Gasteiger partial charge in [-0.3, -0.25) is 14.3 Å². The second-order valence-corrected chi connectivity index (χ2v) is 7.34. The Morgan fingerprint density at radius 1 is 1.30 bits per heavy atom. The van der Waals surface area contributed by atoms with Crippen LogP contribution in [0, 0.1) is 5.92 Å². The Hall–Kier alpha value is -2.74. The fourth-order valence-corrected chi connectivity index (χ4v) is 3.40. The molecule has 4 rings (SSSR count). The molecule has 3 aromatic rings. The standard InChI is InChI=1S/C18H20ClN7O/c1-12-3-5-24(10-12)17-9-20-8-15(21-17)16-11-26(23-22-16)13(2)25-6-4-14(19)7-18(25)27/h4,6-9,11-13H,3,5,10H2,1-2H3/t12-,13?/m1/s1. The van der Waals surface area contributed by atoms with Gasteiger partial charge in [-0.25, -0.2) is 9.67 Å². The Labute approximate surface area is 161 Å². The summed E-state index contributed by atoms with van der Waals surface area (Å²) in [6.45, 7) is 6.08. The molecule has 1 aliphatic heterocycles. The van der Waals surface area contributed by atoms with Crippen molar-refractivity contribution in [1.82, 2.24) is 29.5 Å². The van der Waals surface area contributed by atoms with E-state index in [0.717, 1.165) is 25.3 Å². The number of halogens is 1. The average Bonchev–Trinajstić information content (AvgIpc) is 3.31. The third-order valence-corrected chi connectivity index (χ3v) is 5.07. The lowest BCUT2D eigenvalue weighted by Gasteiger charge is -2.16. The van der Waals surface area contributed by atoms with E-state index in [1.807, 2.05) is 6.92 Å². The van der Waals surface area contributed by atoms with Gasteiger partial charge in [0, 0.05) is 30.4 Å². The summed E-state index contributed by atoms with van der Waals surface area (Å²) in [6.07, 6.45) is 7.69. The van der Waals surface area contributed by atoms with Gasteiger partial charge in [-0.1, -0.05) is 23.7 Å². The Kier molecular flexibility index (Phi) is 4.65. The van der Waals surface area contributed by atoms with Crippen LogP contribution >= 0.6 is 11.6 Å². The summed E-state index contributed by atoms with van der Waals surface area (Å²) in [5, 5.41) is 8.79. The van der Waals surface area contributed by atoms with Crippen molar-refractivity contribution in [2.24, 2.45) is 5.92 Å². The monoisotopic (exact) mass is 385 g/mol. The fourth-order valence-electron chi connectivity index (χ4n) is 3.25. The number of anilines is 1. The molecule has 0 saturated carbocycles. The number of aromatic nitrogens is 6. The Morgan fingerprint density at radius 2 is 2.15 bits per heavy atom. The fraction of sp³-hybridized carbons (Fsp3) is 0.389. The van der Waals surface area contributed by atoms with E-state index in [2.05, 4.69) is 27.1 Å². The minimum atomic E-state index is -0.341. The highest BCUT2D eigenvalue weighted by Gasteiger charge is 2.21. The van der Waals surface area contributed by atoms with Gasteiger partial charge in [0.15, 0.2) is 0 Å². The van der Waals surface area contributed by atoms with E-state index in [-0.39, 0.29) is 11.7 Å². The summed E-state index contributed by atoms with van der Waals surface area (Å²) < 4.78 is 3.16. The zero-order valence-electron chi connectivity index (χ0n) is 15.2. The molecule has 0 spiro atoms. The molecule has 27 heavy (non-hydrogen) atoms. The SMILES string of the molecule is CC(n1cc(-c2cncc(N3CC[C@@H](C)C3)n2)nn1)n1ccc(Cl)cc1=O. The van der Waals surface area contributed by atoms with Crippen LogP contribution in [0.2, 0.25) is 5.02 Å². The minimum absolute atomic E-state index is 0.197. The van der Waals surface area contributed by atoms with E-state index in [1.165, 1.54) is 10.6 Å². The molecular weight excluding hydrogens is 366 g/mol. The highest BCUT2D eigenvalue weighted by molar-refractivity contribution is 6.30. The molecule has 4 heterocycles. The number of rotatable bonds is 4. The zero-order chi connectivity index (χ0) is 19.0. The first-order valence-corrected chi connectivity index (χ1v) is 9.26. The van der Waals surface area contributed by atoms with Gasteiger partial charge >= 0.3 is 0 Å². The molecule has 1 saturated heterocycles. The second-order valence-electron chi connectivity index (χ2n) is 6.91. The summed E-state index contributed by atoms with van der Waals surface area (Å²) in [4.78, 5) is 23.4. The van der Waals surface area contributed by atoms with Crippen molar-refractivity contribution in [1.29, 1.82) is 0 Å². The van der Waals surface area contributed by atoms with Crippen LogP contribution in [0.1, 0.15) is 26.4 Å². The van der Waals surface area contributed by atoms with Gasteiger partial charge in [0.25, 0.3) is 5.56 Å². The second kappa shape index (κ2) is 7.11. The lowest BCUT2D eigenvalue weighted by Crippen LogP contribution is -2.26. The molecule has 0 aromatic carbocycles. The van der Waals surface area contributed by atoms with Gasteiger partial charge in [0.1, 0.15) is 23.4 Å². The number of hydrogen-bond acceptors (Lipinski definition) is 6. The van der Waals surface area contributed by atoms with Crippen molar-refractivity contribution < 1.29 is 0 Å². The summed E-state index contributed by atoms with van der Waals surface area (Å²) in [7, 11) is 0. The van der Waals surface area contributed by atoms with Crippen LogP contribution in [0.4, 0.5) is 5.82 Å². The predicted molar refractivity (Wildman–Crippen MR) is 103 cm³/mol. The lowest BCUT2D eigenvalue weighted by atomic mass is 10.2. The van der Waals surface area contributed by atoms with Crippen molar-refractivity contribution in [3.63, 3.8) is 0 Å². The summed E-state index contributed by atoms with van der Waals surface area (Å²) in [5.41, 5.74) is 1.08. The number of hydrogen-bond donors (Lipinski definition) is 0. The van der Waals surface area contributed by atoms with Gasteiger partial charge in [-0.05, 0) is 25.3 Å². The van der Waals surface area contributed by atoms with Crippen molar-refractivity contribution in [3.8, 4) is 11.4 Å². The van der Waals surface area contributed by atoms with Gasteiger partial charge in [0.2, 0.25) is 0 Å². The molecule has 1 fully saturated rings. The maximum Gasteiger partial charge on any atom is 0.253 e. The van der Waals surface area contributed by atoms with E-state index in [0.29, 0.717) is 22.3 Å². The molecule has 0 bridgehead atoms. The molecule has 0 radical (unpaired) electrons. The van der Waals surface area contributed by atoms with Crippen LogP contribution in [0.5, 0.6) is 0 Å². The Balaban J connectivity index is 1.60. The maximum absolute atomic E-state index is 12.1. The third kappa shape index (κ3) is 3.57. The van der Waals surface area contributed by atoms with Gasteiger partial charge < -0.3 is 4.90 Å². The van der Waals surface area contributed by atoms with Crippen LogP contribution < -0.4 is 10.5 Å². The highest BCUT2D eigenvalue weighted by Crippen LogP contribution is 2.23. The van der Waals surface area contributed by atoms with E-state index in [4.69, 9.17) is 16.6 Å². The summed E-state index contributed by atoms with van der Waals surface area (Å²) in [6, 6.07) is 3.05. The zero-order valence-corrected chi connectivity index (χ0v) is 15.9. The van der Waals surface area contributed by atoms with E-state index >= 15 is 0 Å². The van der Waals surface area contributed by atoms with Crippen LogP contribution in [-0.4, -0.2) is 42.6 Å². The molecule has 1 aliphatic rings. The van der Waals surface area contributed by atoms with Gasteiger partial charge in [-0.15, -0.1) is 5.10 Å². The van der Waals surface area contributed by atoms with Gasteiger partial charge in [-0.2, -0.15) is 0 Å².